The molecule has 0 fully saturated rings. The first-order valence-electron chi connectivity index (χ1n) is 12.6. The molecule has 1 aromatic carbocycles. The number of benzene rings is 1. The van der Waals surface area contributed by atoms with Crippen LogP contribution in [0.25, 0.3) is 6.08 Å². The van der Waals surface area contributed by atoms with Crippen LogP contribution in [-0.2, 0) is 6.42 Å². The van der Waals surface area contributed by atoms with Crippen molar-refractivity contribution in [2.75, 3.05) is 0 Å². The van der Waals surface area contributed by atoms with Crippen molar-refractivity contribution in [1.82, 2.24) is 0 Å². The summed E-state index contributed by atoms with van der Waals surface area (Å²) in [6.45, 7) is 6.22. The number of rotatable bonds is 20. The van der Waals surface area contributed by atoms with Gasteiger partial charge in [0.1, 0.15) is 0 Å². The number of unbranched alkanes of at least 4 members (excludes halogenated alkanes) is 17. The maximum Gasteiger partial charge on any atom is -0.0230 e. The Morgan fingerprint density at radius 1 is 0.571 bits per heavy atom. The molecule has 0 saturated heterocycles. The van der Waals surface area contributed by atoms with E-state index in [2.05, 4.69) is 37.8 Å². The van der Waals surface area contributed by atoms with Crippen LogP contribution < -0.4 is 0 Å². The maximum atomic E-state index is 3.92. The minimum absolute atomic E-state index is 1.21. The highest BCUT2D eigenvalue weighted by Gasteiger charge is 1.99. The molecule has 0 unspecified atom stereocenters. The van der Waals surface area contributed by atoms with Crippen LogP contribution in [0, 0.1) is 0 Å². The predicted molar refractivity (Wildman–Crippen MR) is 129 cm³/mol. The van der Waals surface area contributed by atoms with Crippen molar-refractivity contribution in [3.63, 3.8) is 0 Å². The molecule has 0 spiro atoms. The average Bonchev–Trinajstić information content (AvgIpc) is 2.73. The van der Waals surface area contributed by atoms with Crippen molar-refractivity contribution in [3.05, 3.63) is 42.0 Å². The first kappa shape index (κ1) is 25.0. The lowest BCUT2D eigenvalue weighted by Crippen LogP contribution is -1.90. The second-order valence-electron chi connectivity index (χ2n) is 8.66. The van der Waals surface area contributed by atoms with Crippen molar-refractivity contribution in [2.45, 2.75) is 129 Å². The number of hydrogen-bond donors (Lipinski definition) is 0. The Labute approximate surface area is 177 Å². The van der Waals surface area contributed by atoms with Gasteiger partial charge in [-0.2, -0.15) is 0 Å². The fourth-order valence-corrected chi connectivity index (χ4v) is 4.18. The summed E-state index contributed by atoms with van der Waals surface area (Å²) in [5.74, 6) is 0. The smallest absolute Gasteiger partial charge is 0.0230 e. The van der Waals surface area contributed by atoms with Crippen LogP contribution in [0.1, 0.15) is 134 Å². The van der Waals surface area contributed by atoms with Gasteiger partial charge in [0, 0.05) is 0 Å². The molecule has 0 aliphatic rings. The molecule has 0 aromatic heterocycles. The number of hydrogen-bond acceptors (Lipinski definition) is 0. The second-order valence-corrected chi connectivity index (χ2v) is 8.66. The van der Waals surface area contributed by atoms with Gasteiger partial charge in [-0.25, -0.2) is 0 Å². The summed E-state index contributed by atoms with van der Waals surface area (Å²) in [6, 6.07) is 8.69. The van der Waals surface area contributed by atoms with Crippen LogP contribution in [-0.4, -0.2) is 0 Å². The molecule has 160 valence electrons. The Morgan fingerprint density at radius 2 is 0.964 bits per heavy atom. The lowest BCUT2D eigenvalue weighted by atomic mass is 10.00. The normalized spacial score (nSPS) is 11.0. The van der Waals surface area contributed by atoms with Crippen LogP contribution in [0.4, 0.5) is 0 Å². The van der Waals surface area contributed by atoms with E-state index in [4.69, 9.17) is 0 Å². The van der Waals surface area contributed by atoms with Gasteiger partial charge in [-0.3, -0.25) is 0 Å². The first-order chi connectivity index (χ1) is 13.9. The van der Waals surface area contributed by atoms with Gasteiger partial charge in [-0.15, -0.1) is 0 Å². The fourth-order valence-electron chi connectivity index (χ4n) is 4.18. The zero-order valence-corrected chi connectivity index (χ0v) is 19.0. The summed E-state index contributed by atoms with van der Waals surface area (Å²) in [5, 5.41) is 0. The molecule has 0 radical (unpaired) electrons. The van der Waals surface area contributed by atoms with Crippen molar-refractivity contribution < 1.29 is 0 Å². The van der Waals surface area contributed by atoms with Gasteiger partial charge in [0.15, 0.2) is 0 Å². The van der Waals surface area contributed by atoms with Gasteiger partial charge in [0.2, 0.25) is 0 Å². The summed E-state index contributed by atoms with van der Waals surface area (Å²) in [6.07, 6.45) is 29.1. The highest BCUT2D eigenvalue weighted by atomic mass is 14.0. The third-order valence-electron chi connectivity index (χ3n) is 6.07. The first-order valence-corrected chi connectivity index (χ1v) is 12.6. The summed E-state index contributed by atoms with van der Waals surface area (Å²) in [5.41, 5.74) is 2.78. The SMILES string of the molecule is C=Cc1ccccc1CCCCCCCCCCCCCCCCCCCC. The van der Waals surface area contributed by atoms with E-state index in [1.165, 1.54) is 133 Å². The molecular weight excluding hydrogens is 336 g/mol. The van der Waals surface area contributed by atoms with Gasteiger partial charge in [-0.05, 0) is 24.0 Å². The van der Waals surface area contributed by atoms with Crippen LogP contribution in [0.5, 0.6) is 0 Å². The van der Waals surface area contributed by atoms with Gasteiger partial charge in [0.25, 0.3) is 0 Å². The monoisotopic (exact) mass is 384 g/mol. The van der Waals surface area contributed by atoms with Crippen LogP contribution in [0.3, 0.4) is 0 Å². The molecule has 0 saturated carbocycles. The van der Waals surface area contributed by atoms with Crippen molar-refractivity contribution in [2.24, 2.45) is 0 Å². The molecule has 0 bridgehead atoms. The number of aryl methyl sites for hydroxylation is 1. The Balaban J connectivity index is 1.77. The molecule has 0 N–H and O–H groups in total. The molecule has 1 rings (SSSR count). The van der Waals surface area contributed by atoms with Gasteiger partial charge in [0.05, 0.1) is 0 Å². The summed E-state index contributed by atoms with van der Waals surface area (Å²) < 4.78 is 0. The van der Waals surface area contributed by atoms with E-state index in [1.54, 1.807) is 0 Å². The predicted octanol–water partition coefficient (Wildman–Crippen LogP) is 9.91. The zero-order chi connectivity index (χ0) is 20.1. The summed E-state index contributed by atoms with van der Waals surface area (Å²) in [7, 11) is 0. The third-order valence-corrected chi connectivity index (χ3v) is 6.07. The Hall–Kier alpha value is -1.04. The van der Waals surface area contributed by atoms with Gasteiger partial charge in [-0.1, -0.05) is 153 Å². The van der Waals surface area contributed by atoms with E-state index in [0.717, 1.165) is 0 Å². The van der Waals surface area contributed by atoms with Crippen molar-refractivity contribution in [3.8, 4) is 0 Å². The molecule has 0 heteroatoms. The maximum absolute atomic E-state index is 3.92. The topological polar surface area (TPSA) is 0 Å². The van der Waals surface area contributed by atoms with E-state index >= 15 is 0 Å². The molecule has 0 heterocycles. The highest BCUT2D eigenvalue weighted by molar-refractivity contribution is 5.51. The zero-order valence-electron chi connectivity index (χ0n) is 19.0. The van der Waals surface area contributed by atoms with Crippen LogP contribution >= 0.6 is 0 Å². The summed E-state index contributed by atoms with van der Waals surface area (Å²) in [4.78, 5) is 0. The minimum atomic E-state index is 1.21. The van der Waals surface area contributed by atoms with Crippen LogP contribution in [0.2, 0.25) is 0 Å². The third kappa shape index (κ3) is 14.0. The lowest BCUT2D eigenvalue weighted by Gasteiger charge is -2.06. The quantitative estimate of drug-likeness (QED) is 0.196. The molecule has 0 nitrogen and oxygen atoms in total. The Morgan fingerprint density at radius 3 is 1.39 bits per heavy atom. The molecule has 0 atom stereocenters. The molecule has 1 aromatic rings. The standard InChI is InChI=1S/C28H48/c1-3-5-6-7-8-9-10-11-12-13-14-15-16-17-18-19-20-21-25-28-26-23-22-24-27(28)4-2/h4,22-24,26H,2-3,5-21,25H2,1H3. The Kier molecular flexibility index (Phi) is 17.2. The van der Waals surface area contributed by atoms with E-state index < -0.39 is 0 Å². The van der Waals surface area contributed by atoms with E-state index in [9.17, 15) is 0 Å². The molecule has 0 aliphatic heterocycles. The van der Waals surface area contributed by atoms with Crippen molar-refractivity contribution in [1.29, 1.82) is 0 Å². The second kappa shape index (κ2) is 19.3. The molecular formula is C28H48. The van der Waals surface area contributed by atoms with E-state index in [1.807, 2.05) is 6.08 Å². The van der Waals surface area contributed by atoms with Gasteiger partial charge < -0.3 is 0 Å². The summed E-state index contributed by atoms with van der Waals surface area (Å²) >= 11 is 0. The largest absolute Gasteiger partial charge is 0.0985 e. The Bertz CT molecular complexity index is 459. The molecule has 0 amide bonds. The van der Waals surface area contributed by atoms with Crippen molar-refractivity contribution >= 4 is 6.08 Å². The molecule has 0 aliphatic carbocycles. The molecule has 28 heavy (non-hydrogen) atoms. The van der Waals surface area contributed by atoms with Crippen LogP contribution in [0.15, 0.2) is 30.8 Å². The fraction of sp³-hybridized carbons (Fsp3) is 0.714. The van der Waals surface area contributed by atoms with Gasteiger partial charge >= 0.3 is 0 Å². The lowest BCUT2D eigenvalue weighted by molar-refractivity contribution is 0.525. The average molecular weight is 385 g/mol. The highest BCUT2D eigenvalue weighted by Crippen LogP contribution is 2.16. The van der Waals surface area contributed by atoms with E-state index in [-0.39, 0.29) is 0 Å². The minimum Gasteiger partial charge on any atom is -0.0985 e. The van der Waals surface area contributed by atoms with E-state index in [0.29, 0.717) is 0 Å².